The quantitative estimate of drug-likeness (QED) is 0.197. The topological polar surface area (TPSA) is 75.3 Å². The summed E-state index contributed by atoms with van der Waals surface area (Å²) in [4.78, 5) is 17.3. The molecule has 1 N–H and O–H groups in total. The van der Waals surface area contributed by atoms with Gasteiger partial charge in [0, 0.05) is 33.8 Å². The van der Waals surface area contributed by atoms with Crippen LogP contribution in [0.15, 0.2) is 168 Å². The summed E-state index contributed by atoms with van der Waals surface area (Å²) in [5.74, 6) is 1.40. The number of anilines is 3. The van der Waals surface area contributed by atoms with Crippen LogP contribution in [-0.2, 0) is 0 Å². The molecule has 9 rings (SSSR count). The van der Waals surface area contributed by atoms with Gasteiger partial charge in [0.15, 0.2) is 11.4 Å². The van der Waals surface area contributed by atoms with Crippen LogP contribution in [0.5, 0.6) is 5.75 Å². The average Bonchev–Trinajstić information content (AvgIpc) is 3.54. The van der Waals surface area contributed by atoms with Crippen molar-refractivity contribution in [2.45, 2.75) is 0 Å². The van der Waals surface area contributed by atoms with Gasteiger partial charge in [-0.05, 0) is 77.2 Å². The van der Waals surface area contributed by atoms with Gasteiger partial charge in [0.05, 0.1) is 5.69 Å². The third kappa shape index (κ3) is 5.03. The molecule has 0 radical (unpaired) electrons. The van der Waals surface area contributed by atoms with Crippen LogP contribution in [0.2, 0.25) is 0 Å². The monoisotopic (exact) mass is 632 g/mol. The number of pyridine rings is 1. The molecule has 0 aliphatic rings. The van der Waals surface area contributed by atoms with Crippen LogP contribution in [0.25, 0.3) is 66.6 Å². The van der Waals surface area contributed by atoms with Crippen molar-refractivity contribution in [2.75, 3.05) is 4.90 Å². The minimum Gasteiger partial charge on any atom is -0.507 e. The molecule has 232 valence electrons. The van der Waals surface area contributed by atoms with Gasteiger partial charge in [-0.15, -0.1) is 0 Å². The third-order valence-electron chi connectivity index (χ3n) is 8.81. The maximum atomic E-state index is 11.0. The van der Waals surface area contributed by atoms with E-state index < -0.39 is 0 Å². The first-order chi connectivity index (χ1) is 24.2. The summed E-state index contributed by atoms with van der Waals surface area (Å²) in [6.07, 6.45) is 1.81. The summed E-state index contributed by atoms with van der Waals surface area (Å²) in [5.41, 5.74) is 7.77. The summed E-state index contributed by atoms with van der Waals surface area (Å²) in [5, 5.41) is 14.1. The Morgan fingerprint density at radius 3 is 2.16 bits per heavy atom. The van der Waals surface area contributed by atoms with Crippen molar-refractivity contribution in [3.05, 3.63) is 164 Å². The zero-order chi connectivity index (χ0) is 32.7. The molecule has 0 fully saturated rings. The van der Waals surface area contributed by atoms with Crippen LogP contribution >= 0.6 is 0 Å². The fourth-order valence-corrected chi connectivity index (χ4v) is 6.53. The Morgan fingerprint density at radius 1 is 0.571 bits per heavy atom. The van der Waals surface area contributed by atoms with E-state index in [9.17, 15) is 5.11 Å². The zero-order valence-corrected chi connectivity index (χ0v) is 26.2. The molecule has 0 unspecified atom stereocenters. The molecule has 0 amide bonds. The Hall–Kier alpha value is -6.79. The number of hydrogen-bond donors (Lipinski definition) is 1. The van der Waals surface area contributed by atoms with Crippen molar-refractivity contribution < 1.29 is 9.52 Å². The second-order valence-electron chi connectivity index (χ2n) is 11.8. The standard InChI is InChI=1S/C43H28N4O2/c48-37-21-8-6-18-34(37)40-42-41(35-19-7-9-22-38(35)49-42)46-43(45-40)31-25-30(28-13-2-1-3-14-28)26-32(27-31)47(39-23-10-11-24-44-39)36-20-12-16-29-15-4-5-17-33(29)36/h1-27,48H. The highest BCUT2D eigenvalue weighted by atomic mass is 16.3. The maximum absolute atomic E-state index is 11.0. The Kier molecular flexibility index (Phi) is 6.84. The fraction of sp³-hybridized carbons (Fsp3) is 0. The molecule has 0 aliphatic carbocycles. The highest BCUT2D eigenvalue weighted by Crippen LogP contribution is 2.43. The lowest BCUT2D eigenvalue weighted by atomic mass is 10.00. The summed E-state index contributed by atoms with van der Waals surface area (Å²) in [7, 11) is 0. The van der Waals surface area contributed by atoms with Gasteiger partial charge in [-0.2, -0.15) is 0 Å². The van der Waals surface area contributed by atoms with Crippen molar-refractivity contribution in [2.24, 2.45) is 0 Å². The number of fused-ring (bicyclic) bond motifs is 4. The first kappa shape index (κ1) is 28.4. The van der Waals surface area contributed by atoms with Crippen molar-refractivity contribution in [3.8, 4) is 39.5 Å². The Labute approximate surface area is 282 Å². The predicted octanol–water partition coefficient (Wildman–Crippen LogP) is 11.1. The molecule has 0 saturated heterocycles. The first-order valence-electron chi connectivity index (χ1n) is 16.1. The van der Waals surface area contributed by atoms with E-state index in [1.165, 1.54) is 0 Å². The van der Waals surface area contributed by atoms with Gasteiger partial charge < -0.3 is 9.52 Å². The summed E-state index contributed by atoms with van der Waals surface area (Å²) in [6.45, 7) is 0. The van der Waals surface area contributed by atoms with Gasteiger partial charge in [0.25, 0.3) is 0 Å². The highest BCUT2D eigenvalue weighted by molar-refractivity contribution is 6.07. The van der Waals surface area contributed by atoms with Gasteiger partial charge in [0.2, 0.25) is 0 Å². The van der Waals surface area contributed by atoms with Crippen LogP contribution < -0.4 is 4.90 Å². The molecule has 0 atom stereocenters. The lowest BCUT2D eigenvalue weighted by Crippen LogP contribution is -2.12. The molecule has 9 aromatic rings. The average molecular weight is 633 g/mol. The molecule has 3 aromatic heterocycles. The molecule has 6 nitrogen and oxygen atoms in total. The van der Waals surface area contributed by atoms with Crippen molar-refractivity contribution >= 4 is 50.0 Å². The number of aromatic nitrogens is 3. The molecule has 0 bridgehead atoms. The first-order valence-corrected chi connectivity index (χ1v) is 16.1. The Morgan fingerprint density at radius 2 is 1.31 bits per heavy atom. The van der Waals surface area contributed by atoms with Crippen LogP contribution in [0.1, 0.15) is 0 Å². The molecular formula is C43H28N4O2. The van der Waals surface area contributed by atoms with Crippen molar-refractivity contribution in [1.29, 1.82) is 0 Å². The number of para-hydroxylation sites is 2. The van der Waals surface area contributed by atoms with Gasteiger partial charge in [0.1, 0.15) is 28.4 Å². The summed E-state index contributed by atoms with van der Waals surface area (Å²) < 4.78 is 6.34. The van der Waals surface area contributed by atoms with Crippen molar-refractivity contribution in [1.82, 2.24) is 15.0 Å². The van der Waals surface area contributed by atoms with Gasteiger partial charge in [-0.25, -0.2) is 15.0 Å². The van der Waals surface area contributed by atoms with E-state index in [4.69, 9.17) is 19.4 Å². The third-order valence-corrected chi connectivity index (χ3v) is 8.81. The normalized spacial score (nSPS) is 11.3. The number of aromatic hydroxyl groups is 1. The zero-order valence-electron chi connectivity index (χ0n) is 26.2. The molecule has 6 heteroatoms. The van der Waals surface area contributed by atoms with Gasteiger partial charge >= 0.3 is 0 Å². The van der Waals surface area contributed by atoms with Crippen molar-refractivity contribution in [3.63, 3.8) is 0 Å². The number of rotatable bonds is 6. The highest BCUT2D eigenvalue weighted by Gasteiger charge is 2.22. The van der Waals surface area contributed by atoms with E-state index in [1.807, 2.05) is 79.0 Å². The number of phenolic OH excluding ortho intramolecular Hbond substituents is 1. The second-order valence-corrected chi connectivity index (χ2v) is 11.8. The Balaban J connectivity index is 1.35. The number of furan rings is 1. The maximum Gasteiger partial charge on any atom is 0.180 e. The number of benzene rings is 6. The number of phenols is 1. The molecule has 6 aromatic carbocycles. The molecule has 0 spiro atoms. The minimum absolute atomic E-state index is 0.116. The molecule has 49 heavy (non-hydrogen) atoms. The lowest BCUT2D eigenvalue weighted by molar-refractivity contribution is 0.477. The smallest absolute Gasteiger partial charge is 0.180 e. The van der Waals surface area contributed by atoms with Gasteiger partial charge in [-0.3, -0.25) is 4.90 Å². The van der Waals surface area contributed by atoms with E-state index in [1.54, 1.807) is 12.1 Å². The van der Waals surface area contributed by atoms with Gasteiger partial charge in [-0.1, -0.05) is 97.1 Å². The predicted molar refractivity (Wildman–Crippen MR) is 197 cm³/mol. The van der Waals surface area contributed by atoms with Crippen LogP contribution in [0, 0.1) is 0 Å². The lowest BCUT2D eigenvalue weighted by Gasteiger charge is -2.27. The minimum atomic E-state index is 0.116. The van der Waals surface area contributed by atoms with E-state index in [0.717, 1.165) is 50.0 Å². The second kappa shape index (κ2) is 11.8. The number of hydrogen-bond acceptors (Lipinski definition) is 6. The SMILES string of the molecule is Oc1ccccc1-c1nc(-c2cc(-c3ccccc3)cc(N(c3ccccn3)c3cccc4ccccc34)c2)nc2c1oc1ccccc12. The van der Waals surface area contributed by atoms with E-state index >= 15 is 0 Å². The largest absolute Gasteiger partial charge is 0.507 e. The molecule has 0 saturated carbocycles. The van der Waals surface area contributed by atoms with Crippen LogP contribution in [-0.4, -0.2) is 20.1 Å². The number of nitrogens with zero attached hydrogens (tertiary/aromatic N) is 4. The van der Waals surface area contributed by atoms with E-state index in [2.05, 4.69) is 77.7 Å². The van der Waals surface area contributed by atoms with E-state index in [-0.39, 0.29) is 5.75 Å². The van der Waals surface area contributed by atoms with E-state index in [0.29, 0.717) is 33.8 Å². The fourth-order valence-electron chi connectivity index (χ4n) is 6.53. The Bertz CT molecular complexity index is 2630. The van der Waals surface area contributed by atoms with Crippen LogP contribution in [0.4, 0.5) is 17.2 Å². The summed E-state index contributed by atoms with van der Waals surface area (Å²) >= 11 is 0. The van der Waals surface area contributed by atoms with Crippen LogP contribution in [0.3, 0.4) is 0 Å². The summed E-state index contributed by atoms with van der Waals surface area (Å²) in [6, 6.07) is 52.4. The molecule has 3 heterocycles. The molecular weight excluding hydrogens is 604 g/mol. The molecule has 0 aliphatic heterocycles.